The fourth-order valence-electron chi connectivity index (χ4n) is 5.36. The molecule has 1 aromatic carbocycles. The lowest BCUT2D eigenvalue weighted by Crippen LogP contribution is -2.49. The molecule has 6 nitrogen and oxygen atoms in total. The molecule has 0 bridgehead atoms. The molecule has 5 rings (SSSR count). The van der Waals surface area contributed by atoms with Crippen molar-refractivity contribution in [2.75, 3.05) is 31.1 Å². The number of pyridine rings is 1. The van der Waals surface area contributed by atoms with Crippen molar-refractivity contribution in [2.24, 2.45) is 0 Å². The summed E-state index contributed by atoms with van der Waals surface area (Å²) in [5.74, 6) is 0.738. The van der Waals surface area contributed by atoms with E-state index >= 15 is 0 Å². The molecule has 1 saturated carbocycles. The normalized spacial score (nSPS) is 20.2. The topological polar surface area (TPSA) is 56.8 Å². The third-order valence-electron chi connectivity index (χ3n) is 7.40. The Balaban J connectivity index is 1.48. The molecular formula is C27H32N4O2. The first-order valence-corrected chi connectivity index (χ1v) is 12.2. The Bertz CT molecular complexity index is 1080. The number of rotatable bonds is 4. The minimum Gasteiger partial charge on any atom is -0.363 e. The van der Waals surface area contributed by atoms with Gasteiger partial charge >= 0.3 is 0 Å². The first-order chi connectivity index (χ1) is 16.0. The van der Waals surface area contributed by atoms with Crippen molar-refractivity contribution < 1.29 is 9.59 Å². The molecule has 1 saturated heterocycles. The number of carbonyl (C=O) groups excluding carboxylic acids is 2. The predicted molar refractivity (Wildman–Crippen MR) is 130 cm³/mol. The van der Waals surface area contributed by atoms with Crippen LogP contribution in [0.1, 0.15) is 48.8 Å². The molecule has 0 atom stereocenters. The van der Waals surface area contributed by atoms with E-state index in [0.717, 1.165) is 55.7 Å². The second-order valence-corrected chi connectivity index (χ2v) is 9.46. The minimum absolute atomic E-state index is 0.0209. The Labute approximate surface area is 195 Å². The van der Waals surface area contributed by atoms with Crippen LogP contribution in [0.15, 0.2) is 48.3 Å². The van der Waals surface area contributed by atoms with Gasteiger partial charge in [-0.2, -0.15) is 0 Å². The second-order valence-electron chi connectivity index (χ2n) is 9.46. The van der Waals surface area contributed by atoms with Crippen LogP contribution in [0.4, 0.5) is 5.82 Å². The first-order valence-electron chi connectivity index (χ1n) is 12.2. The Hall–Kier alpha value is -3.15. The smallest absolute Gasteiger partial charge is 0.278 e. The monoisotopic (exact) mass is 444 g/mol. The Kier molecular flexibility index (Phi) is 5.92. The minimum atomic E-state index is -0.114. The third kappa shape index (κ3) is 4.03. The summed E-state index contributed by atoms with van der Waals surface area (Å²) in [4.78, 5) is 38.0. The van der Waals surface area contributed by atoms with Crippen LogP contribution in [0.25, 0.3) is 5.57 Å². The highest BCUT2D eigenvalue weighted by Gasteiger charge is 2.45. The van der Waals surface area contributed by atoms with Gasteiger partial charge < -0.3 is 9.80 Å². The summed E-state index contributed by atoms with van der Waals surface area (Å²) in [5, 5.41) is 0. The molecule has 2 fully saturated rings. The standard InChI is InChI=1S/C27H32N4O2/c1-19-11-12-21(18-20(19)2)24-25(27(33)31(26(24)32)22-8-4-3-5-9-22)30-16-14-29(15-17-30)23-10-6-7-13-28-23/h6-7,10-13,18,22H,3-5,8-9,14-17H2,1-2H3. The van der Waals surface area contributed by atoms with Gasteiger partial charge in [-0.1, -0.05) is 43.5 Å². The molecule has 1 aromatic heterocycles. The van der Waals surface area contributed by atoms with E-state index < -0.39 is 0 Å². The third-order valence-corrected chi connectivity index (χ3v) is 7.40. The molecule has 6 heteroatoms. The summed E-state index contributed by atoms with van der Waals surface area (Å²) in [6.07, 6.45) is 6.99. The van der Waals surface area contributed by atoms with Crippen LogP contribution in [0.3, 0.4) is 0 Å². The summed E-state index contributed by atoms with van der Waals surface area (Å²) in [7, 11) is 0. The van der Waals surface area contributed by atoms with E-state index in [0.29, 0.717) is 24.4 Å². The van der Waals surface area contributed by atoms with Crippen molar-refractivity contribution >= 4 is 23.2 Å². The molecule has 1 aliphatic carbocycles. The number of aryl methyl sites for hydroxylation is 2. The van der Waals surface area contributed by atoms with E-state index in [1.807, 2.05) is 30.5 Å². The predicted octanol–water partition coefficient (Wildman–Crippen LogP) is 3.93. The van der Waals surface area contributed by atoms with Gasteiger partial charge in [0.15, 0.2) is 0 Å². The van der Waals surface area contributed by atoms with Crippen molar-refractivity contribution in [3.63, 3.8) is 0 Å². The van der Waals surface area contributed by atoms with Gasteiger partial charge in [-0.3, -0.25) is 14.5 Å². The zero-order valence-electron chi connectivity index (χ0n) is 19.6. The molecule has 172 valence electrons. The van der Waals surface area contributed by atoms with Crippen molar-refractivity contribution in [1.82, 2.24) is 14.8 Å². The molecule has 3 aliphatic rings. The van der Waals surface area contributed by atoms with Gasteiger partial charge in [0.1, 0.15) is 11.5 Å². The van der Waals surface area contributed by atoms with E-state index in [-0.39, 0.29) is 17.9 Å². The fourth-order valence-corrected chi connectivity index (χ4v) is 5.36. The maximum Gasteiger partial charge on any atom is 0.278 e. The molecule has 0 unspecified atom stereocenters. The molecule has 33 heavy (non-hydrogen) atoms. The van der Waals surface area contributed by atoms with E-state index in [2.05, 4.69) is 40.8 Å². The summed E-state index contributed by atoms with van der Waals surface area (Å²) >= 11 is 0. The van der Waals surface area contributed by atoms with Gasteiger partial charge in [-0.05, 0) is 55.5 Å². The van der Waals surface area contributed by atoms with Crippen LogP contribution < -0.4 is 4.90 Å². The van der Waals surface area contributed by atoms with E-state index in [9.17, 15) is 9.59 Å². The molecule has 2 aliphatic heterocycles. The number of hydrogen-bond acceptors (Lipinski definition) is 5. The average Bonchev–Trinajstić information content (AvgIpc) is 3.12. The molecule has 0 radical (unpaired) electrons. The van der Waals surface area contributed by atoms with Gasteiger partial charge in [-0.25, -0.2) is 4.98 Å². The second kappa shape index (κ2) is 9.00. The number of piperazine rings is 1. The van der Waals surface area contributed by atoms with E-state index in [1.165, 1.54) is 12.0 Å². The van der Waals surface area contributed by atoms with Crippen molar-refractivity contribution in [1.29, 1.82) is 0 Å². The van der Waals surface area contributed by atoms with Gasteiger partial charge in [-0.15, -0.1) is 0 Å². The summed E-state index contributed by atoms with van der Waals surface area (Å²) in [6, 6.07) is 12.1. The average molecular weight is 445 g/mol. The number of anilines is 1. The number of aromatic nitrogens is 1. The summed E-state index contributed by atoms with van der Waals surface area (Å²) in [5.41, 5.74) is 4.35. The van der Waals surface area contributed by atoms with Crippen LogP contribution >= 0.6 is 0 Å². The lowest BCUT2D eigenvalue weighted by atomic mass is 9.94. The maximum atomic E-state index is 13.8. The lowest BCUT2D eigenvalue weighted by molar-refractivity contribution is -0.141. The molecular weight excluding hydrogens is 412 g/mol. The lowest BCUT2D eigenvalue weighted by Gasteiger charge is -2.37. The van der Waals surface area contributed by atoms with Crippen LogP contribution in [0.5, 0.6) is 0 Å². The number of imide groups is 1. The molecule has 0 spiro atoms. The molecule has 0 N–H and O–H groups in total. The number of benzene rings is 1. The number of hydrogen-bond donors (Lipinski definition) is 0. The highest BCUT2D eigenvalue weighted by Crippen LogP contribution is 2.37. The fraction of sp³-hybridized carbons (Fsp3) is 0.444. The number of nitrogens with zero attached hydrogens (tertiary/aromatic N) is 4. The Morgan fingerprint density at radius 1 is 0.818 bits per heavy atom. The zero-order chi connectivity index (χ0) is 22.9. The Morgan fingerprint density at radius 3 is 2.21 bits per heavy atom. The van der Waals surface area contributed by atoms with Crippen LogP contribution in [0.2, 0.25) is 0 Å². The van der Waals surface area contributed by atoms with Crippen LogP contribution in [-0.4, -0.2) is 58.8 Å². The number of carbonyl (C=O) groups is 2. The van der Waals surface area contributed by atoms with Gasteiger partial charge in [0.25, 0.3) is 11.8 Å². The molecule has 2 amide bonds. The van der Waals surface area contributed by atoms with Crippen molar-refractivity contribution in [2.45, 2.75) is 52.0 Å². The van der Waals surface area contributed by atoms with Gasteiger partial charge in [0.05, 0.1) is 5.57 Å². The maximum absolute atomic E-state index is 13.8. The van der Waals surface area contributed by atoms with Crippen LogP contribution in [-0.2, 0) is 9.59 Å². The van der Waals surface area contributed by atoms with Crippen molar-refractivity contribution in [3.8, 4) is 0 Å². The summed E-state index contributed by atoms with van der Waals surface area (Å²) < 4.78 is 0. The summed E-state index contributed by atoms with van der Waals surface area (Å²) in [6.45, 7) is 7.05. The largest absolute Gasteiger partial charge is 0.363 e. The SMILES string of the molecule is Cc1ccc(C2=C(N3CCN(c4ccccn4)CC3)C(=O)N(C3CCCCC3)C2=O)cc1C. The zero-order valence-corrected chi connectivity index (χ0v) is 19.6. The molecule has 3 heterocycles. The quantitative estimate of drug-likeness (QED) is 0.669. The van der Waals surface area contributed by atoms with E-state index in [4.69, 9.17) is 0 Å². The number of amides is 2. The first kappa shape index (κ1) is 21.7. The van der Waals surface area contributed by atoms with Gasteiger partial charge in [0.2, 0.25) is 0 Å². The van der Waals surface area contributed by atoms with Crippen LogP contribution in [0, 0.1) is 13.8 Å². The van der Waals surface area contributed by atoms with Gasteiger partial charge in [0, 0.05) is 38.4 Å². The Morgan fingerprint density at radius 2 is 1.55 bits per heavy atom. The van der Waals surface area contributed by atoms with Crippen molar-refractivity contribution in [3.05, 3.63) is 65.0 Å². The highest BCUT2D eigenvalue weighted by atomic mass is 16.2. The molecule has 2 aromatic rings. The highest BCUT2D eigenvalue weighted by molar-refractivity contribution is 6.35. The van der Waals surface area contributed by atoms with E-state index in [1.54, 1.807) is 4.90 Å².